The molecule has 0 aliphatic rings. The Bertz CT molecular complexity index is 821. The molecule has 2 atom stereocenters. The number of carbonyl (C=O) groups excluding carboxylic acids is 1. The van der Waals surface area contributed by atoms with Crippen LogP contribution < -0.4 is 0 Å². The zero-order chi connectivity index (χ0) is 22.5. The van der Waals surface area contributed by atoms with E-state index >= 15 is 0 Å². The van der Waals surface area contributed by atoms with Gasteiger partial charge in [-0.2, -0.15) is 5.26 Å². The summed E-state index contributed by atoms with van der Waals surface area (Å²) in [6.45, 7) is 14.1. The van der Waals surface area contributed by atoms with E-state index in [2.05, 4.69) is 13.2 Å². The molecule has 29 heavy (non-hydrogen) atoms. The predicted molar refractivity (Wildman–Crippen MR) is 110 cm³/mol. The van der Waals surface area contributed by atoms with Gasteiger partial charge in [-0.25, -0.2) is 9.18 Å². The van der Waals surface area contributed by atoms with Gasteiger partial charge >= 0.3 is 5.97 Å². The van der Waals surface area contributed by atoms with E-state index in [9.17, 15) is 24.7 Å². The maximum atomic E-state index is 14.9. The minimum absolute atomic E-state index is 0.0103. The highest BCUT2D eigenvalue weighted by molar-refractivity contribution is 5.87. The number of rotatable bonds is 9. The molecule has 1 rings (SSSR count). The summed E-state index contributed by atoms with van der Waals surface area (Å²) in [4.78, 5) is 12.2. The molecule has 5 nitrogen and oxygen atoms in total. The van der Waals surface area contributed by atoms with Crippen LogP contribution in [0.15, 0.2) is 36.9 Å². The highest BCUT2D eigenvalue weighted by Gasteiger charge is 2.52. The molecule has 158 valence electrons. The van der Waals surface area contributed by atoms with Gasteiger partial charge in [-0.1, -0.05) is 50.8 Å². The smallest absolute Gasteiger partial charge is 0.333 e. The van der Waals surface area contributed by atoms with Crippen LogP contribution in [0.1, 0.15) is 64.5 Å². The van der Waals surface area contributed by atoms with Crippen molar-refractivity contribution in [2.24, 2.45) is 0 Å². The van der Waals surface area contributed by atoms with Crippen molar-refractivity contribution in [1.29, 1.82) is 5.26 Å². The molecule has 0 saturated carbocycles. The van der Waals surface area contributed by atoms with Crippen LogP contribution in [0.4, 0.5) is 4.39 Å². The Labute approximate surface area is 172 Å². The van der Waals surface area contributed by atoms with Gasteiger partial charge in [0.15, 0.2) is 0 Å². The molecule has 2 N–H and O–H groups in total. The van der Waals surface area contributed by atoms with Crippen molar-refractivity contribution < 1.29 is 24.1 Å². The number of nitrogens with zero attached hydrogens (tertiary/aromatic N) is 1. The monoisotopic (exact) mass is 403 g/mol. The van der Waals surface area contributed by atoms with Crippen LogP contribution >= 0.6 is 0 Å². The van der Waals surface area contributed by atoms with Crippen molar-refractivity contribution in [2.45, 2.75) is 70.2 Å². The average molecular weight is 403 g/mol. The Morgan fingerprint density at radius 1 is 1.31 bits per heavy atom. The third-order valence-electron chi connectivity index (χ3n) is 4.67. The lowest BCUT2D eigenvalue weighted by Crippen LogP contribution is -2.51. The standard InChI is InChI=1S/C23H30FNO4/c1-7-13-22(27,14-12-16(3)20(26)29-21(4,5)6)23(28,15-25)18-11-9-10-17(8-2)19(18)24/h8-11,27-28H,2-3,7,12-14H2,1,4-6H3. The molecular weight excluding hydrogens is 373 g/mol. The van der Waals surface area contributed by atoms with Gasteiger partial charge in [0.05, 0.1) is 0 Å². The van der Waals surface area contributed by atoms with Crippen molar-refractivity contribution in [2.75, 3.05) is 0 Å². The zero-order valence-electron chi connectivity index (χ0n) is 17.6. The maximum Gasteiger partial charge on any atom is 0.333 e. The summed E-state index contributed by atoms with van der Waals surface area (Å²) in [5.41, 5.74) is -5.39. The molecule has 6 heteroatoms. The second-order valence-corrected chi connectivity index (χ2v) is 8.12. The second kappa shape index (κ2) is 9.34. The number of halogens is 1. The molecule has 0 aliphatic heterocycles. The van der Waals surface area contributed by atoms with Gasteiger partial charge in [-0.3, -0.25) is 0 Å². The van der Waals surface area contributed by atoms with Crippen LogP contribution in [0.3, 0.4) is 0 Å². The van der Waals surface area contributed by atoms with Crippen molar-refractivity contribution in [3.05, 3.63) is 53.9 Å². The van der Waals surface area contributed by atoms with Crippen LogP contribution in [0.25, 0.3) is 6.08 Å². The number of carbonyl (C=O) groups is 1. The Morgan fingerprint density at radius 2 is 1.93 bits per heavy atom. The molecule has 1 aromatic carbocycles. The molecule has 0 amide bonds. The molecule has 0 aliphatic carbocycles. The first-order chi connectivity index (χ1) is 13.3. The number of hydrogen-bond acceptors (Lipinski definition) is 5. The van der Waals surface area contributed by atoms with E-state index in [1.807, 2.05) is 0 Å². The van der Waals surface area contributed by atoms with E-state index in [4.69, 9.17) is 4.74 Å². The lowest BCUT2D eigenvalue weighted by molar-refractivity contribution is -0.151. The first kappa shape index (κ1) is 24.5. The second-order valence-electron chi connectivity index (χ2n) is 8.12. The average Bonchev–Trinajstić information content (AvgIpc) is 2.64. The lowest BCUT2D eigenvalue weighted by Gasteiger charge is -2.39. The van der Waals surface area contributed by atoms with Gasteiger partial charge in [-0.15, -0.1) is 0 Å². The normalized spacial score (nSPS) is 15.5. The Morgan fingerprint density at radius 3 is 2.41 bits per heavy atom. The van der Waals surface area contributed by atoms with Gasteiger partial charge in [0.25, 0.3) is 0 Å². The SMILES string of the molecule is C=Cc1cccc(C(O)(C#N)C(O)(CCC)CCC(=C)C(=O)OC(C)(C)C)c1F. The van der Waals surface area contributed by atoms with Crippen LogP contribution in [0, 0.1) is 17.1 Å². The number of aliphatic hydroxyl groups is 2. The molecule has 0 aromatic heterocycles. The Balaban J connectivity index is 3.27. The minimum Gasteiger partial charge on any atom is -0.457 e. The summed E-state index contributed by atoms with van der Waals surface area (Å²) >= 11 is 0. The van der Waals surface area contributed by atoms with Crippen LogP contribution in [-0.4, -0.2) is 27.4 Å². The highest BCUT2D eigenvalue weighted by atomic mass is 19.1. The van der Waals surface area contributed by atoms with E-state index in [1.54, 1.807) is 33.8 Å². The fourth-order valence-electron chi connectivity index (χ4n) is 3.11. The molecule has 0 bridgehead atoms. The minimum atomic E-state index is -2.53. The first-order valence-electron chi connectivity index (χ1n) is 9.53. The van der Waals surface area contributed by atoms with Crippen LogP contribution in [-0.2, 0) is 15.1 Å². The number of hydrogen-bond donors (Lipinski definition) is 2. The zero-order valence-corrected chi connectivity index (χ0v) is 17.6. The first-order valence-corrected chi connectivity index (χ1v) is 9.53. The third kappa shape index (κ3) is 5.53. The van der Waals surface area contributed by atoms with E-state index in [-0.39, 0.29) is 36.0 Å². The van der Waals surface area contributed by atoms with E-state index in [1.165, 1.54) is 24.3 Å². The van der Waals surface area contributed by atoms with Gasteiger partial charge in [0.1, 0.15) is 23.1 Å². The molecule has 0 heterocycles. The summed E-state index contributed by atoms with van der Waals surface area (Å²) in [6, 6.07) is 5.87. The van der Waals surface area contributed by atoms with Gasteiger partial charge in [-0.05, 0) is 40.0 Å². The summed E-state index contributed by atoms with van der Waals surface area (Å²) in [5, 5.41) is 32.2. The number of esters is 1. The molecule has 0 saturated heterocycles. The molecule has 1 aromatic rings. The maximum absolute atomic E-state index is 14.9. The fraction of sp³-hybridized carbons (Fsp3) is 0.478. The molecule has 0 radical (unpaired) electrons. The summed E-state index contributed by atoms with van der Waals surface area (Å²) in [7, 11) is 0. The Hall–Kier alpha value is -2.49. The quantitative estimate of drug-likeness (QED) is 0.363. The predicted octanol–water partition coefficient (Wildman–Crippen LogP) is 4.39. The van der Waals surface area contributed by atoms with Crippen LogP contribution in [0.5, 0.6) is 0 Å². The Kier molecular flexibility index (Phi) is 7.90. The van der Waals surface area contributed by atoms with Crippen molar-refractivity contribution in [3.8, 4) is 6.07 Å². The number of benzene rings is 1. The van der Waals surface area contributed by atoms with E-state index in [0.717, 1.165) is 0 Å². The largest absolute Gasteiger partial charge is 0.457 e. The molecular formula is C23H30FNO4. The molecule has 0 fully saturated rings. The van der Waals surface area contributed by atoms with Crippen LogP contribution in [0.2, 0.25) is 0 Å². The van der Waals surface area contributed by atoms with E-state index in [0.29, 0.717) is 6.42 Å². The number of ether oxygens (including phenoxy) is 1. The molecule has 0 spiro atoms. The highest BCUT2D eigenvalue weighted by Crippen LogP contribution is 2.41. The van der Waals surface area contributed by atoms with Gasteiger partial charge in [0, 0.05) is 16.7 Å². The van der Waals surface area contributed by atoms with Gasteiger partial charge < -0.3 is 14.9 Å². The number of nitriles is 1. The summed E-state index contributed by atoms with van der Waals surface area (Å²) in [6.07, 6.45) is 1.48. The van der Waals surface area contributed by atoms with Crippen molar-refractivity contribution >= 4 is 12.0 Å². The van der Waals surface area contributed by atoms with Crippen molar-refractivity contribution in [1.82, 2.24) is 0 Å². The topological polar surface area (TPSA) is 90.5 Å². The fourth-order valence-corrected chi connectivity index (χ4v) is 3.11. The third-order valence-corrected chi connectivity index (χ3v) is 4.67. The summed E-state index contributed by atoms with van der Waals surface area (Å²) in [5.74, 6) is -1.45. The molecule has 2 unspecified atom stereocenters. The summed E-state index contributed by atoms with van der Waals surface area (Å²) < 4.78 is 20.1. The van der Waals surface area contributed by atoms with Crippen molar-refractivity contribution in [3.63, 3.8) is 0 Å². The van der Waals surface area contributed by atoms with E-state index < -0.39 is 28.6 Å². The lowest BCUT2D eigenvalue weighted by atomic mass is 9.72. The van der Waals surface area contributed by atoms with Gasteiger partial charge in [0.2, 0.25) is 5.60 Å².